The van der Waals surface area contributed by atoms with E-state index in [1.807, 2.05) is 0 Å². The van der Waals surface area contributed by atoms with Crippen LogP contribution in [0.25, 0.3) is 0 Å². The zero-order valence-corrected chi connectivity index (χ0v) is 4.14. The molecule has 8 heavy (non-hydrogen) atoms. The van der Waals surface area contributed by atoms with E-state index >= 15 is 0 Å². The summed E-state index contributed by atoms with van der Waals surface area (Å²) >= 11 is 0. The average molecular weight is 125 g/mol. The van der Waals surface area contributed by atoms with Crippen molar-refractivity contribution in [3.63, 3.8) is 0 Å². The van der Waals surface area contributed by atoms with E-state index in [2.05, 4.69) is 0 Å². The van der Waals surface area contributed by atoms with Crippen LogP contribution in [0.2, 0.25) is 0 Å². The van der Waals surface area contributed by atoms with E-state index in [1.165, 1.54) is 0 Å². The maximum absolute atomic E-state index is 11.1. The maximum atomic E-state index is 11.1. The molecular formula is C3H5F2NO2. The van der Waals surface area contributed by atoms with Gasteiger partial charge in [0.25, 0.3) is 0 Å². The Morgan fingerprint density at radius 1 is 1.75 bits per heavy atom. The third kappa shape index (κ3) is 1.83. The van der Waals surface area contributed by atoms with Crippen molar-refractivity contribution in [1.82, 2.24) is 5.34 Å². The van der Waals surface area contributed by atoms with Crippen LogP contribution in [0.4, 0.5) is 8.96 Å². The lowest BCUT2D eigenvalue weighted by molar-refractivity contribution is -0.197. The van der Waals surface area contributed by atoms with Crippen molar-refractivity contribution < 1.29 is 18.9 Å². The van der Waals surface area contributed by atoms with E-state index in [1.54, 1.807) is 0 Å². The van der Waals surface area contributed by atoms with Gasteiger partial charge in [-0.15, -0.1) is 8.96 Å². The second kappa shape index (κ2) is 2.56. The van der Waals surface area contributed by atoms with Gasteiger partial charge >= 0.3 is 5.97 Å². The van der Waals surface area contributed by atoms with Gasteiger partial charge in [0, 0.05) is 5.34 Å². The Morgan fingerprint density at radius 2 is 2.12 bits per heavy atom. The quantitative estimate of drug-likeness (QED) is 0.547. The molecule has 0 aromatic carbocycles. The topological polar surface area (TPSA) is 40.5 Å². The number of hydrogen-bond acceptors (Lipinski definition) is 2. The molecule has 0 radical (unpaired) electrons. The standard InChI is InChI=1S/C3H5F2NO2/c1-2(3(7)8)6(4)5/h2H,1H3,(H,7,8)/t2-/m0/s1. The number of hydrogen-bond donors (Lipinski definition) is 1. The predicted octanol–water partition coefficient (Wildman–Crippen LogP) is 0.531. The highest BCUT2D eigenvalue weighted by Gasteiger charge is 2.19. The number of carbonyl (C=O) groups is 1. The predicted molar refractivity (Wildman–Crippen MR) is 21.2 cm³/mol. The summed E-state index contributed by atoms with van der Waals surface area (Å²) in [6.07, 6.45) is 0. The van der Waals surface area contributed by atoms with Gasteiger partial charge in [-0.2, -0.15) is 0 Å². The van der Waals surface area contributed by atoms with Crippen molar-refractivity contribution in [3.05, 3.63) is 0 Å². The van der Waals surface area contributed by atoms with Crippen LogP contribution in [0.1, 0.15) is 6.92 Å². The Morgan fingerprint density at radius 3 is 2.12 bits per heavy atom. The lowest BCUT2D eigenvalue weighted by atomic mass is 10.4. The molecule has 0 rings (SSSR count). The van der Waals surface area contributed by atoms with Crippen LogP contribution in [0.15, 0.2) is 0 Å². The Bertz CT molecular complexity index is 95.3. The molecule has 0 heterocycles. The summed E-state index contributed by atoms with van der Waals surface area (Å²) in [5.41, 5.74) is 0. The minimum atomic E-state index is -1.71. The van der Waals surface area contributed by atoms with Crippen LogP contribution in [0.5, 0.6) is 0 Å². The second-order valence-corrected chi connectivity index (χ2v) is 1.27. The Kier molecular flexibility index (Phi) is 2.33. The first kappa shape index (κ1) is 7.29. The lowest BCUT2D eigenvalue weighted by Crippen LogP contribution is -2.26. The highest BCUT2D eigenvalue weighted by molar-refractivity contribution is 5.72. The molecule has 5 heteroatoms. The van der Waals surface area contributed by atoms with Crippen molar-refractivity contribution in [1.29, 1.82) is 0 Å². The first-order valence-corrected chi connectivity index (χ1v) is 1.89. The molecule has 0 spiro atoms. The van der Waals surface area contributed by atoms with Gasteiger partial charge in [0.15, 0.2) is 6.04 Å². The summed E-state index contributed by atoms with van der Waals surface area (Å²) in [6.45, 7) is 0.891. The molecule has 0 aliphatic rings. The third-order valence-corrected chi connectivity index (χ3v) is 0.650. The van der Waals surface area contributed by atoms with Crippen LogP contribution >= 0.6 is 0 Å². The molecule has 0 aliphatic carbocycles. The maximum Gasteiger partial charge on any atom is 0.326 e. The monoisotopic (exact) mass is 125 g/mol. The molecule has 0 fully saturated rings. The molecule has 3 nitrogen and oxygen atoms in total. The van der Waals surface area contributed by atoms with Crippen molar-refractivity contribution in [2.45, 2.75) is 13.0 Å². The number of aliphatic carboxylic acids is 1. The van der Waals surface area contributed by atoms with Crippen molar-refractivity contribution >= 4 is 5.97 Å². The highest BCUT2D eigenvalue weighted by Crippen LogP contribution is 1.98. The van der Waals surface area contributed by atoms with E-state index < -0.39 is 17.4 Å². The Labute approximate surface area is 44.4 Å². The van der Waals surface area contributed by atoms with Crippen LogP contribution in [0, 0.1) is 0 Å². The molecule has 48 valence electrons. The van der Waals surface area contributed by atoms with Crippen LogP contribution in [-0.2, 0) is 4.79 Å². The van der Waals surface area contributed by atoms with Crippen molar-refractivity contribution in [2.75, 3.05) is 0 Å². The number of rotatable bonds is 2. The average Bonchev–Trinajstić information content (AvgIpc) is 1.64. The molecule has 0 aliphatic heterocycles. The van der Waals surface area contributed by atoms with Gasteiger partial charge < -0.3 is 5.11 Å². The van der Waals surface area contributed by atoms with Crippen LogP contribution in [0.3, 0.4) is 0 Å². The fourth-order valence-electron chi connectivity index (χ4n) is 0.0835. The van der Waals surface area contributed by atoms with E-state index in [0.29, 0.717) is 0 Å². The molecular weight excluding hydrogens is 120 g/mol. The summed E-state index contributed by atoms with van der Waals surface area (Å²) in [7, 11) is 0. The molecule has 0 bridgehead atoms. The van der Waals surface area contributed by atoms with Crippen molar-refractivity contribution in [2.24, 2.45) is 0 Å². The molecule has 0 saturated carbocycles. The molecule has 0 aromatic heterocycles. The summed E-state index contributed by atoms with van der Waals surface area (Å²) in [5.74, 6) is -1.53. The molecule has 0 amide bonds. The molecule has 1 atom stereocenters. The van der Waals surface area contributed by atoms with E-state index in [-0.39, 0.29) is 0 Å². The molecule has 1 N–H and O–H groups in total. The van der Waals surface area contributed by atoms with Gasteiger partial charge in [0.05, 0.1) is 0 Å². The largest absolute Gasteiger partial charge is 0.480 e. The molecule has 0 saturated heterocycles. The molecule has 0 unspecified atom stereocenters. The summed E-state index contributed by atoms with van der Waals surface area (Å²) < 4.78 is 22.3. The summed E-state index contributed by atoms with van der Waals surface area (Å²) in [6, 6.07) is -1.71. The van der Waals surface area contributed by atoms with E-state index in [4.69, 9.17) is 5.11 Å². The minimum absolute atomic E-state index is 0.891. The van der Waals surface area contributed by atoms with E-state index in [0.717, 1.165) is 6.92 Å². The van der Waals surface area contributed by atoms with Gasteiger partial charge in [-0.25, -0.2) is 0 Å². The number of carboxylic acids is 1. The SMILES string of the molecule is C[C@@H](C(=O)O)N(F)F. The normalized spacial score (nSPS) is 14.0. The smallest absolute Gasteiger partial charge is 0.326 e. The first-order valence-electron chi connectivity index (χ1n) is 1.89. The van der Waals surface area contributed by atoms with E-state index in [9.17, 15) is 13.8 Å². The Hall–Kier alpha value is -0.710. The zero-order valence-electron chi connectivity index (χ0n) is 4.14. The summed E-state index contributed by atoms with van der Waals surface area (Å²) in [4.78, 5) is 9.62. The van der Waals surface area contributed by atoms with Gasteiger partial charge in [0.1, 0.15) is 0 Å². The number of nitrogens with zero attached hydrogens (tertiary/aromatic N) is 1. The fourth-order valence-corrected chi connectivity index (χ4v) is 0.0835. The van der Waals surface area contributed by atoms with Gasteiger partial charge in [-0.1, -0.05) is 0 Å². The van der Waals surface area contributed by atoms with Crippen molar-refractivity contribution in [3.8, 4) is 0 Å². The minimum Gasteiger partial charge on any atom is -0.480 e. The van der Waals surface area contributed by atoms with Gasteiger partial charge in [0.2, 0.25) is 0 Å². The van der Waals surface area contributed by atoms with Crippen LogP contribution < -0.4 is 0 Å². The Balaban J connectivity index is 3.64. The number of halogens is 2. The highest BCUT2D eigenvalue weighted by atomic mass is 19.4. The first-order chi connectivity index (χ1) is 3.55. The third-order valence-electron chi connectivity index (χ3n) is 0.650. The summed E-state index contributed by atoms with van der Waals surface area (Å²) in [5, 5.41) is 6.47. The van der Waals surface area contributed by atoms with Gasteiger partial charge in [-0.3, -0.25) is 4.79 Å². The lowest BCUT2D eigenvalue weighted by Gasteiger charge is -2.02. The van der Waals surface area contributed by atoms with Gasteiger partial charge in [-0.05, 0) is 6.92 Å². The van der Waals surface area contributed by atoms with Crippen LogP contribution in [-0.4, -0.2) is 22.5 Å². The fraction of sp³-hybridized carbons (Fsp3) is 0.667. The second-order valence-electron chi connectivity index (χ2n) is 1.27. The number of carboxylic acid groups (broad SMARTS) is 1. The molecule has 0 aromatic rings. The zero-order chi connectivity index (χ0) is 6.73.